The molecular weight excluding hydrogens is 346 g/mol. The SMILES string of the molecule is CCNc1nonc1-c1noc(=O)n1Cc1cc(Br)co1. The van der Waals surface area contributed by atoms with Gasteiger partial charge in [-0.15, -0.1) is 0 Å². The highest BCUT2D eigenvalue weighted by atomic mass is 79.9. The summed E-state index contributed by atoms with van der Waals surface area (Å²) in [6, 6.07) is 1.75. The van der Waals surface area contributed by atoms with Crippen molar-refractivity contribution in [3.05, 3.63) is 33.1 Å². The van der Waals surface area contributed by atoms with Gasteiger partial charge in [-0.05, 0) is 39.2 Å². The number of furan rings is 1. The zero-order chi connectivity index (χ0) is 14.8. The first-order chi connectivity index (χ1) is 10.2. The zero-order valence-corrected chi connectivity index (χ0v) is 12.5. The molecule has 0 spiro atoms. The van der Waals surface area contributed by atoms with Crippen molar-refractivity contribution in [2.45, 2.75) is 13.5 Å². The number of rotatable bonds is 5. The molecule has 110 valence electrons. The number of hydrogen-bond donors (Lipinski definition) is 1. The van der Waals surface area contributed by atoms with E-state index in [1.54, 1.807) is 6.07 Å². The van der Waals surface area contributed by atoms with E-state index in [1.165, 1.54) is 10.8 Å². The second kappa shape index (κ2) is 5.56. The van der Waals surface area contributed by atoms with Crippen LogP contribution in [0.25, 0.3) is 11.5 Å². The molecule has 0 saturated carbocycles. The molecule has 9 nitrogen and oxygen atoms in total. The third kappa shape index (κ3) is 2.61. The van der Waals surface area contributed by atoms with Crippen molar-refractivity contribution in [1.29, 1.82) is 0 Å². The summed E-state index contributed by atoms with van der Waals surface area (Å²) in [5.74, 6) is 0.544. The molecule has 21 heavy (non-hydrogen) atoms. The van der Waals surface area contributed by atoms with Crippen molar-refractivity contribution < 1.29 is 13.6 Å². The summed E-state index contributed by atoms with van der Waals surface area (Å²) in [5, 5.41) is 14.2. The molecule has 0 fully saturated rings. The number of anilines is 1. The quantitative estimate of drug-likeness (QED) is 0.735. The summed E-state index contributed by atoms with van der Waals surface area (Å²) >= 11 is 3.28. The van der Waals surface area contributed by atoms with Crippen LogP contribution in [0.2, 0.25) is 0 Å². The van der Waals surface area contributed by atoms with Crippen LogP contribution in [-0.4, -0.2) is 26.6 Å². The molecule has 0 saturated heterocycles. The molecule has 3 heterocycles. The Balaban J connectivity index is 2.00. The number of halogens is 1. The molecule has 0 atom stereocenters. The first kappa shape index (κ1) is 13.6. The summed E-state index contributed by atoms with van der Waals surface area (Å²) in [6.07, 6.45) is 1.52. The molecule has 0 aliphatic carbocycles. The van der Waals surface area contributed by atoms with E-state index in [0.717, 1.165) is 4.47 Å². The fourth-order valence-corrected chi connectivity index (χ4v) is 2.14. The first-order valence-corrected chi connectivity index (χ1v) is 6.84. The third-order valence-corrected chi connectivity index (χ3v) is 3.08. The van der Waals surface area contributed by atoms with Gasteiger partial charge in [-0.25, -0.2) is 14.0 Å². The van der Waals surface area contributed by atoms with Crippen molar-refractivity contribution in [1.82, 2.24) is 20.0 Å². The van der Waals surface area contributed by atoms with Gasteiger partial charge in [0.2, 0.25) is 11.6 Å². The maximum atomic E-state index is 11.8. The minimum atomic E-state index is -0.622. The number of hydrogen-bond acceptors (Lipinski definition) is 8. The molecule has 1 N–H and O–H groups in total. The van der Waals surface area contributed by atoms with E-state index in [1.807, 2.05) is 6.92 Å². The van der Waals surface area contributed by atoms with Crippen LogP contribution in [-0.2, 0) is 6.54 Å². The lowest BCUT2D eigenvalue weighted by Crippen LogP contribution is -2.16. The van der Waals surface area contributed by atoms with E-state index in [2.05, 4.69) is 41.3 Å². The predicted molar refractivity (Wildman–Crippen MR) is 73.7 cm³/mol. The molecule has 0 aliphatic heterocycles. The van der Waals surface area contributed by atoms with Gasteiger partial charge in [0.05, 0.1) is 11.0 Å². The van der Waals surface area contributed by atoms with Crippen LogP contribution in [0.3, 0.4) is 0 Å². The average molecular weight is 356 g/mol. The van der Waals surface area contributed by atoms with Crippen LogP contribution < -0.4 is 11.1 Å². The largest absolute Gasteiger partial charge is 0.466 e. The summed E-state index contributed by atoms with van der Waals surface area (Å²) in [5.41, 5.74) is 0.299. The Labute approximate surface area is 126 Å². The summed E-state index contributed by atoms with van der Waals surface area (Å²) in [7, 11) is 0. The van der Waals surface area contributed by atoms with Crippen molar-refractivity contribution in [3.63, 3.8) is 0 Å². The maximum absolute atomic E-state index is 11.8. The Kier molecular flexibility index (Phi) is 3.60. The average Bonchev–Trinajstić information content (AvgIpc) is 3.14. The standard InChI is InChI=1S/C11H10BrN5O4/c1-2-13-9-8(14-21-15-9)10-16-20-11(18)17(10)4-7-3-6(12)5-19-7/h3,5H,2,4H2,1H3,(H,13,15). The lowest BCUT2D eigenvalue weighted by atomic mass is 10.3. The van der Waals surface area contributed by atoms with Gasteiger partial charge in [0.15, 0.2) is 5.69 Å². The van der Waals surface area contributed by atoms with Gasteiger partial charge in [-0.1, -0.05) is 5.16 Å². The molecule has 0 aliphatic rings. The van der Waals surface area contributed by atoms with Crippen LogP contribution in [0.4, 0.5) is 5.82 Å². The minimum Gasteiger partial charge on any atom is -0.466 e. The van der Waals surface area contributed by atoms with Crippen molar-refractivity contribution in [2.75, 3.05) is 11.9 Å². The topological polar surface area (TPSA) is 112 Å². The van der Waals surface area contributed by atoms with Crippen LogP contribution in [0.15, 0.2) is 35.2 Å². The number of nitrogens with zero attached hydrogens (tertiary/aromatic N) is 4. The van der Waals surface area contributed by atoms with Crippen molar-refractivity contribution >= 4 is 21.7 Å². The lowest BCUT2D eigenvalue weighted by Gasteiger charge is -2.01. The highest BCUT2D eigenvalue weighted by Crippen LogP contribution is 2.23. The maximum Gasteiger partial charge on any atom is 0.442 e. The molecule has 0 radical (unpaired) electrons. The number of aromatic nitrogens is 4. The lowest BCUT2D eigenvalue weighted by molar-refractivity contribution is 0.309. The number of nitrogens with one attached hydrogen (secondary N) is 1. The minimum absolute atomic E-state index is 0.154. The van der Waals surface area contributed by atoms with E-state index < -0.39 is 5.76 Å². The molecule has 10 heteroatoms. The normalized spacial score (nSPS) is 11.0. The Morgan fingerprint density at radius 3 is 2.95 bits per heavy atom. The highest BCUT2D eigenvalue weighted by molar-refractivity contribution is 9.10. The molecule has 0 bridgehead atoms. The van der Waals surface area contributed by atoms with E-state index in [9.17, 15) is 4.79 Å². The van der Waals surface area contributed by atoms with Gasteiger partial charge in [-0.3, -0.25) is 4.52 Å². The molecule has 0 amide bonds. The Morgan fingerprint density at radius 2 is 2.24 bits per heavy atom. The fraction of sp³-hybridized carbons (Fsp3) is 0.273. The van der Waals surface area contributed by atoms with E-state index in [-0.39, 0.29) is 12.4 Å². The van der Waals surface area contributed by atoms with Crippen LogP contribution in [0, 0.1) is 0 Å². The molecule has 3 rings (SSSR count). The monoisotopic (exact) mass is 355 g/mol. The van der Waals surface area contributed by atoms with Crippen LogP contribution in [0.1, 0.15) is 12.7 Å². The summed E-state index contributed by atoms with van der Waals surface area (Å²) in [4.78, 5) is 11.8. The molecule has 3 aromatic heterocycles. The van der Waals surface area contributed by atoms with Gasteiger partial charge in [0.1, 0.15) is 12.0 Å². The van der Waals surface area contributed by atoms with E-state index in [0.29, 0.717) is 23.8 Å². The second-order valence-corrected chi connectivity index (χ2v) is 5.00. The van der Waals surface area contributed by atoms with Crippen LogP contribution >= 0.6 is 15.9 Å². The smallest absolute Gasteiger partial charge is 0.442 e. The molecule has 3 aromatic rings. The van der Waals surface area contributed by atoms with E-state index in [4.69, 9.17) is 8.94 Å². The summed E-state index contributed by atoms with van der Waals surface area (Å²) in [6.45, 7) is 2.67. The van der Waals surface area contributed by atoms with Gasteiger partial charge in [0.25, 0.3) is 0 Å². The third-order valence-electron chi connectivity index (χ3n) is 2.67. The summed E-state index contributed by atoms with van der Waals surface area (Å²) < 4.78 is 16.7. The zero-order valence-electron chi connectivity index (χ0n) is 10.9. The van der Waals surface area contributed by atoms with Gasteiger partial charge < -0.3 is 9.73 Å². The Bertz CT molecular complexity index is 802. The second-order valence-electron chi connectivity index (χ2n) is 4.08. The van der Waals surface area contributed by atoms with Crippen molar-refractivity contribution in [2.24, 2.45) is 0 Å². The predicted octanol–water partition coefficient (Wildman–Crippen LogP) is 1.72. The van der Waals surface area contributed by atoms with Gasteiger partial charge in [0, 0.05) is 6.54 Å². The van der Waals surface area contributed by atoms with E-state index >= 15 is 0 Å². The van der Waals surface area contributed by atoms with Gasteiger partial charge >= 0.3 is 5.76 Å². The Morgan fingerprint density at radius 1 is 1.38 bits per heavy atom. The van der Waals surface area contributed by atoms with Crippen molar-refractivity contribution in [3.8, 4) is 11.5 Å². The molecule has 0 aromatic carbocycles. The molecular formula is C11H10BrN5O4. The Hall–Kier alpha value is -2.36. The van der Waals surface area contributed by atoms with Gasteiger partial charge in [-0.2, -0.15) is 0 Å². The highest BCUT2D eigenvalue weighted by Gasteiger charge is 2.22. The van der Waals surface area contributed by atoms with Crippen LogP contribution in [0.5, 0.6) is 0 Å². The fourth-order valence-electron chi connectivity index (χ4n) is 1.79. The molecule has 0 unspecified atom stereocenters. The first-order valence-electron chi connectivity index (χ1n) is 6.05.